The number of benzene rings is 4. The monoisotopic (exact) mass is 428 g/mol. The second-order valence-corrected chi connectivity index (χ2v) is 9.44. The zero-order valence-electron chi connectivity index (χ0n) is 16.8. The highest BCUT2D eigenvalue weighted by atomic mass is 16.6. The van der Waals surface area contributed by atoms with Gasteiger partial charge in [0.2, 0.25) is 0 Å². The number of aliphatic hydroxyl groups is 4. The van der Waals surface area contributed by atoms with E-state index in [4.69, 9.17) is 9.47 Å². The lowest BCUT2D eigenvalue weighted by molar-refractivity contribution is 0.0000936. The zero-order valence-corrected chi connectivity index (χ0v) is 16.8. The van der Waals surface area contributed by atoms with Crippen LogP contribution in [0.25, 0.3) is 32.3 Å². The van der Waals surface area contributed by atoms with Crippen molar-refractivity contribution in [2.24, 2.45) is 0 Å². The summed E-state index contributed by atoms with van der Waals surface area (Å²) < 4.78 is 11.6. The standard InChI is InChI=1S/C26H20O6/c27-19-13-7-5-11-12-6-8-14-18(24-26(32-24)22(30)20(14)28)16(12)10-4-2-1-3-9(10)15(11)17(13)23-25(31-23)21(19)29/h1-8,19-30H/t19-,20-,21+,22+,23-,24-,25+,26+/m0/s1. The average Bonchev–Trinajstić information content (AvgIpc) is 3.73. The van der Waals surface area contributed by atoms with Crippen LogP contribution in [-0.4, -0.2) is 44.8 Å². The third-order valence-corrected chi connectivity index (χ3v) is 7.89. The molecule has 0 bridgehead atoms. The minimum Gasteiger partial charge on any atom is -0.387 e. The third kappa shape index (κ3) is 1.98. The van der Waals surface area contributed by atoms with Crippen LogP contribution in [0.4, 0.5) is 0 Å². The number of epoxide rings is 2. The first kappa shape index (κ1) is 17.9. The minimum atomic E-state index is -0.978. The molecule has 8 atom stereocenters. The molecule has 2 aliphatic heterocycles. The molecular weight excluding hydrogens is 408 g/mol. The van der Waals surface area contributed by atoms with E-state index in [0.29, 0.717) is 0 Å². The second kappa shape index (κ2) is 5.66. The van der Waals surface area contributed by atoms with Gasteiger partial charge in [-0.05, 0) is 54.6 Å². The lowest BCUT2D eigenvalue weighted by Crippen LogP contribution is -2.29. The summed E-state index contributed by atoms with van der Waals surface area (Å²) in [5.74, 6) is 0. The van der Waals surface area contributed by atoms with Crippen molar-refractivity contribution in [3.8, 4) is 0 Å². The van der Waals surface area contributed by atoms with Gasteiger partial charge < -0.3 is 29.9 Å². The fourth-order valence-electron chi connectivity index (χ4n) is 6.31. The summed E-state index contributed by atoms with van der Waals surface area (Å²) in [6.07, 6.45) is -4.99. The molecule has 4 N–H and O–H groups in total. The predicted molar refractivity (Wildman–Crippen MR) is 116 cm³/mol. The Hall–Kier alpha value is -2.58. The molecule has 2 saturated heterocycles. The number of ether oxygens (including phenoxy) is 2. The summed E-state index contributed by atoms with van der Waals surface area (Å²) in [4.78, 5) is 0. The van der Waals surface area contributed by atoms with Crippen molar-refractivity contribution in [3.05, 3.63) is 70.8 Å². The van der Waals surface area contributed by atoms with Gasteiger partial charge in [0.15, 0.2) is 0 Å². The van der Waals surface area contributed by atoms with Crippen molar-refractivity contribution in [1.29, 1.82) is 0 Å². The molecule has 0 saturated carbocycles. The number of fused-ring (bicyclic) bond motifs is 14. The van der Waals surface area contributed by atoms with Crippen LogP contribution < -0.4 is 0 Å². The highest BCUT2D eigenvalue weighted by Crippen LogP contribution is 2.57. The van der Waals surface area contributed by atoms with E-state index in [9.17, 15) is 20.4 Å². The lowest BCUT2D eigenvalue weighted by atomic mass is 9.78. The Bertz CT molecular complexity index is 1360. The largest absolute Gasteiger partial charge is 0.387 e. The molecule has 0 spiro atoms. The lowest BCUT2D eigenvalue weighted by Gasteiger charge is -2.27. The van der Waals surface area contributed by atoms with Crippen LogP contribution in [0.3, 0.4) is 0 Å². The topological polar surface area (TPSA) is 106 Å². The second-order valence-electron chi connectivity index (χ2n) is 9.44. The normalized spacial score (nSPS) is 36.5. The van der Waals surface area contributed by atoms with Crippen LogP contribution in [0.1, 0.15) is 46.7 Å². The maximum atomic E-state index is 10.7. The molecule has 2 aliphatic carbocycles. The van der Waals surface area contributed by atoms with Gasteiger partial charge in [-0.1, -0.05) is 48.5 Å². The molecule has 6 nitrogen and oxygen atoms in total. The summed E-state index contributed by atoms with van der Waals surface area (Å²) in [5, 5.41) is 48.4. The van der Waals surface area contributed by atoms with Crippen LogP contribution >= 0.6 is 0 Å². The summed E-state index contributed by atoms with van der Waals surface area (Å²) in [5.41, 5.74) is 3.35. The van der Waals surface area contributed by atoms with Crippen LogP contribution in [-0.2, 0) is 9.47 Å². The number of rotatable bonds is 0. The van der Waals surface area contributed by atoms with E-state index in [1.165, 1.54) is 0 Å². The fraction of sp³-hybridized carbons (Fsp3) is 0.308. The van der Waals surface area contributed by atoms with E-state index < -0.39 is 24.4 Å². The van der Waals surface area contributed by atoms with E-state index >= 15 is 0 Å². The number of hydrogen-bond donors (Lipinski definition) is 4. The molecule has 8 rings (SSSR count). The molecule has 4 aromatic rings. The zero-order chi connectivity index (χ0) is 21.5. The summed E-state index contributed by atoms with van der Waals surface area (Å²) in [6, 6.07) is 15.9. The summed E-state index contributed by atoms with van der Waals surface area (Å²) >= 11 is 0. The molecule has 6 heteroatoms. The highest BCUT2D eigenvalue weighted by molar-refractivity contribution is 6.27. The van der Waals surface area contributed by atoms with Crippen molar-refractivity contribution in [1.82, 2.24) is 0 Å². The maximum Gasteiger partial charge on any atom is 0.118 e. The number of hydrogen-bond acceptors (Lipinski definition) is 6. The minimum absolute atomic E-state index is 0.223. The molecule has 2 fully saturated rings. The summed E-state index contributed by atoms with van der Waals surface area (Å²) in [6.45, 7) is 0. The highest BCUT2D eigenvalue weighted by Gasteiger charge is 2.56. The van der Waals surface area contributed by atoms with Crippen molar-refractivity contribution in [3.63, 3.8) is 0 Å². The Labute approximate surface area is 182 Å². The van der Waals surface area contributed by atoms with Gasteiger partial charge in [0, 0.05) is 0 Å². The predicted octanol–water partition coefficient (Wildman–Crippen LogP) is 2.84. The van der Waals surface area contributed by atoms with Crippen LogP contribution in [0.2, 0.25) is 0 Å². The number of aliphatic hydroxyl groups excluding tert-OH is 4. The van der Waals surface area contributed by atoms with Gasteiger partial charge in [-0.15, -0.1) is 0 Å². The van der Waals surface area contributed by atoms with Crippen LogP contribution in [0.15, 0.2) is 48.5 Å². The third-order valence-electron chi connectivity index (χ3n) is 7.89. The fourth-order valence-corrected chi connectivity index (χ4v) is 6.31. The molecule has 0 aromatic heterocycles. The molecule has 0 radical (unpaired) electrons. The van der Waals surface area contributed by atoms with E-state index in [1.807, 2.05) is 36.4 Å². The Morgan fingerprint density at radius 1 is 0.531 bits per heavy atom. The quantitative estimate of drug-likeness (QED) is 0.254. The molecule has 2 heterocycles. The first-order valence-corrected chi connectivity index (χ1v) is 11.0. The average molecular weight is 428 g/mol. The van der Waals surface area contributed by atoms with Crippen LogP contribution in [0, 0.1) is 0 Å². The van der Waals surface area contributed by atoms with Gasteiger partial charge >= 0.3 is 0 Å². The van der Waals surface area contributed by atoms with E-state index in [0.717, 1.165) is 54.6 Å². The van der Waals surface area contributed by atoms with Crippen molar-refractivity contribution in [2.45, 2.75) is 48.8 Å². The van der Waals surface area contributed by atoms with E-state index in [-0.39, 0.29) is 24.4 Å². The first-order valence-electron chi connectivity index (χ1n) is 11.0. The molecule has 160 valence electrons. The Morgan fingerprint density at radius 3 is 1.38 bits per heavy atom. The molecule has 4 aromatic carbocycles. The van der Waals surface area contributed by atoms with Gasteiger partial charge in [0.1, 0.15) is 48.8 Å². The maximum absolute atomic E-state index is 10.7. The van der Waals surface area contributed by atoms with Crippen molar-refractivity contribution in [2.75, 3.05) is 0 Å². The van der Waals surface area contributed by atoms with Gasteiger partial charge in [-0.3, -0.25) is 0 Å². The summed E-state index contributed by atoms with van der Waals surface area (Å²) in [7, 11) is 0. The van der Waals surface area contributed by atoms with E-state index in [2.05, 4.69) is 12.1 Å². The molecule has 32 heavy (non-hydrogen) atoms. The molecule has 0 amide bonds. The molecular formula is C26H20O6. The SMILES string of the molecule is O[C@H]1[C@H]2O[C@H]2c2c(ccc3c4ccc5c(c4c4ccccc4c23)[C@@H]2O[C@@H]2[C@H](O)[C@H]5O)[C@@H]1O. The molecule has 4 aliphatic rings. The van der Waals surface area contributed by atoms with Crippen molar-refractivity contribution >= 4 is 32.3 Å². The van der Waals surface area contributed by atoms with Gasteiger partial charge in [0.25, 0.3) is 0 Å². The van der Waals surface area contributed by atoms with Gasteiger partial charge in [-0.25, -0.2) is 0 Å². The first-order chi connectivity index (χ1) is 15.6. The molecule has 0 unspecified atom stereocenters. The van der Waals surface area contributed by atoms with Crippen LogP contribution in [0.5, 0.6) is 0 Å². The smallest absolute Gasteiger partial charge is 0.118 e. The Morgan fingerprint density at radius 2 is 0.938 bits per heavy atom. The Balaban J connectivity index is 1.56. The van der Waals surface area contributed by atoms with Gasteiger partial charge in [0.05, 0.1) is 0 Å². The van der Waals surface area contributed by atoms with Gasteiger partial charge in [-0.2, -0.15) is 0 Å². The Kier molecular flexibility index (Phi) is 3.17. The van der Waals surface area contributed by atoms with E-state index in [1.54, 1.807) is 0 Å². The van der Waals surface area contributed by atoms with Crippen molar-refractivity contribution < 1.29 is 29.9 Å².